The van der Waals surface area contributed by atoms with E-state index in [1.165, 1.54) is 49.5 Å². The third kappa shape index (κ3) is 8.98. The van der Waals surface area contributed by atoms with Crippen LogP contribution in [-0.4, -0.2) is 58.0 Å². The molecule has 5 rings (SSSR count). The second-order valence-corrected chi connectivity index (χ2v) is 14.6. The van der Waals surface area contributed by atoms with Gasteiger partial charge in [-0.15, -0.1) is 0 Å². The molecule has 1 saturated carbocycles. The van der Waals surface area contributed by atoms with Crippen LogP contribution in [0.5, 0.6) is 11.5 Å². The highest BCUT2D eigenvalue weighted by molar-refractivity contribution is 9.10. The minimum atomic E-state index is -4.43. The summed E-state index contributed by atoms with van der Waals surface area (Å²) >= 11 is 3.45. The average molecular weight is 753 g/mol. The fourth-order valence-corrected chi connectivity index (χ4v) is 7.64. The molecule has 1 fully saturated rings. The summed E-state index contributed by atoms with van der Waals surface area (Å²) in [4.78, 5) is 30.1. The summed E-state index contributed by atoms with van der Waals surface area (Å²) in [5, 5.41) is 3.16. The van der Waals surface area contributed by atoms with Crippen molar-refractivity contribution in [1.82, 2.24) is 10.2 Å². The lowest BCUT2D eigenvalue weighted by Crippen LogP contribution is -2.54. The molecule has 0 saturated heterocycles. The number of halogens is 2. The molecule has 4 aromatic carbocycles. The number of hydrogen-bond donors (Lipinski definition) is 1. The van der Waals surface area contributed by atoms with Crippen molar-refractivity contribution in [2.75, 3.05) is 25.1 Å². The van der Waals surface area contributed by atoms with E-state index in [-0.39, 0.29) is 41.2 Å². The first-order valence-corrected chi connectivity index (χ1v) is 18.2. The lowest BCUT2D eigenvalue weighted by Gasteiger charge is -2.34. The normalized spacial score (nSPS) is 13.8. The second-order valence-electron chi connectivity index (χ2n) is 11.8. The van der Waals surface area contributed by atoms with Gasteiger partial charge in [0.1, 0.15) is 18.4 Å². The summed E-state index contributed by atoms with van der Waals surface area (Å²) in [6, 6.07) is 24.8. The molecule has 12 heteroatoms. The molecule has 0 bridgehead atoms. The summed E-state index contributed by atoms with van der Waals surface area (Å²) in [6.07, 6.45) is 3.94. The Morgan fingerprint density at radius 3 is 2.16 bits per heavy atom. The number of rotatable bonds is 14. The largest absolute Gasteiger partial charge is 0.493 e. The second kappa shape index (κ2) is 16.3. The molecule has 9 nitrogen and oxygen atoms in total. The van der Waals surface area contributed by atoms with E-state index in [0.717, 1.165) is 57.7 Å². The number of methoxy groups -OCH3 is 2. The van der Waals surface area contributed by atoms with E-state index in [4.69, 9.17) is 9.47 Å². The van der Waals surface area contributed by atoms with E-state index in [2.05, 4.69) is 21.2 Å². The Hall–Kier alpha value is -4.42. The van der Waals surface area contributed by atoms with Crippen LogP contribution >= 0.6 is 15.9 Å². The van der Waals surface area contributed by atoms with Gasteiger partial charge in [-0.05, 0) is 72.5 Å². The quantitative estimate of drug-likeness (QED) is 0.158. The van der Waals surface area contributed by atoms with Crippen molar-refractivity contribution in [2.24, 2.45) is 0 Å². The zero-order chi connectivity index (χ0) is 35.0. The SMILES string of the molecule is COc1ccc(S(=O)(=O)N(CC(=O)N(Cc2ccc(Br)cc2)[C@H](Cc2ccccc2)C(=O)NC2CCCC2)c2ccc(F)cc2)cc1OC. The monoisotopic (exact) mass is 751 g/mol. The zero-order valence-electron chi connectivity index (χ0n) is 27.4. The van der Waals surface area contributed by atoms with Gasteiger partial charge in [-0.2, -0.15) is 0 Å². The topological polar surface area (TPSA) is 105 Å². The molecule has 0 heterocycles. The van der Waals surface area contributed by atoms with Crippen LogP contribution in [0.1, 0.15) is 36.8 Å². The predicted octanol–water partition coefficient (Wildman–Crippen LogP) is 6.50. The molecule has 0 aliphatic heterocycles. The van der Waals surface area contributed by atoms with Crippen molar-refractivity contribution in [3.05, 3.63) is 118 Å². The van der Waals surface area contributed by atoms with Crippen molar-refractivity contribution in [3.8, 4) is 11.5 Å². The number of nitrogens with one attached hydrogen (secondary N) is 1. The van der Waals surface area contributed by atoms with Crippen LogP contribution < -0.4 is 19.1 Å². The highest BCUT2D eigenvalue weighted by Gasteiger charge is 2.36. The zero-order valence-corrected chi connectivity index (χ0v) is 29.8. The standard InChI is InChI=1S/C37H39BrFN3O6S/c1-47-34-21-20-32(23-35(34)48-2)49(45,46)42(31-18-16-29(39)17-19-31)25-36(43)41(24-27-12-14-28(38)15-13-27)33(22-26-8-4-3-5-9-26)37(44)40-30-10-6-7-11-30/h3-5,8-9,12-21,23,30,33H,6-7,10-11,22,24-25H2,1-2H3,(H,40,44)/t33-/m1/s1. The number of anilines is 1. The minimum absolute atomic E-state index is 0.00319. The third-order valence-electron chi connectivity index (χ3n) is 8.58. The molecule has 2 amide bonds. The summed E-state index contributed by atoms with van der Waals surface area (Å²) in [5.41, 5.74) is 1.67. The van der Waals surface area contributed by atoms with Crippen molar-refractivity contribution in [2.45, 2.75) is 55.6 Å². The van der Waals surface area contributed by atoms with Crippen LogP contribution in [0.25, 0.3) is 0 Å². The smallest absolute Gasteiger partial charge is 0.264 e. The molecule has 0 aromatic heterocycles. The predicted molar refractivity (Wildman–Crippen MR) is 190 cm³/mol. The number of carbonyl (C=O) groups excluding carboxylic acids is 2. The van der Waals surface area contributed by atoms with Crippen LogP contribution in [0.3, 0.4) is 0 Å². The molecule has 1 aliphatic rings. The minimum Gasteiger partial charge on any atom is -0.493 e. The van der Waals surface area contributed by atoms with E-state index in [1.807, 2.05) is 54.6 Å². The molecular formula is C37H39BrFN3O6S. The van der Waals surface area contributed by atoms with Gasteiger partial charge in [0, 0.05) is 29.5 Å². The van der Waals surface area contributed by atoms with Gasteiger partial charge >= 0.3 is 0 Å². The van der Waals surface area contributed by atoms with Gasteiger partial charge in [-0.25, -0.2) is 12.8 Å². The molecule has 0 unspecified atom stereocenters. The van der Waals surface area contributed by atoms with Crippen LogP contribution in [0.4, 0.5) is 10.1 Å². The Labute approximate surface area is 295 Å². The van der Waals surface area contributed by atoms with E-state index in [0.29, 0.717) is 5.75 Å². The summed E-state index contributed by atoms with van der Waals surface area (Å²) in [6.45, 7) is -0.629. The fourth-order valence-electron chi connectivity index (χ4n) is 5.95. The summed E-state index contributed by atoms with van der Waals surface area (Å²) < 4.78 is 55.2. The van der Waals surface area contributed by atoms with Crippen molar-refractivity contribution in [1.29, 1.82) is 0 Å². The van der Waals surface area contributed by atoms with E-state index >= 15 is 0 Å². The Morgan fingerprint density at radius 1 is 0.878 bits per heavy atom. The van der Waals surface area contributed by atoms with E-state index in [1.54, 1.807) is 0 Å². The van der Waals surface area contributed by atoms with Gasteiger partial charge in [-0.1, -0.05) is 71.2 Å². The molecule has 1 N–H and O–H groups in total. The van der Waals surface area contributed by atoms with Crippen molar-refractivity contribution < 1.29 is 31.9 Å². The molecule has 0 radical (unpaired) electrons. The van der Waals surface area contributed by atoms with Crippen LogP contribution in [0.2, 0.25) is 0 Å². The molecule has 1 atom stereocenters. The fraction of sp³-hybridized carbons (Fsp3) is 0.297. The van der Waals surface area contributed by atoms with Crippen LogP contribution in [0, 0.1) is 5.82 Å². The first-order valence-electron chi connectivity index (χ1n) is 16.0. The number of carbonyl (C=O) groups is 2. The van der Waals surface area contributed by atoms with Crippen molar-refractivity contribution in [3.63, 3.8) is 0 Å². The highest BCUT2D eigenvalue weighted by atomic mass is 79.9. The van der Waals surface area contributed by atoms with Gasteiger partial charge in [0.2, 0.25) is 11.8 Å². The lowest BCUT2D eigenvalue weighted by atomic mass is 10.0. The van der Waals surface area contributed by atoms with Gasteiger partial charge in [0.25, 0.3) is 10.0 Å². The maximum absolute atomic E-state index is 14.7. The average Bonchev–Trinajstić information content (AvgIpc) is 3.63. The number of sulfonamides is 1. The Bertz CT molecular complexity index is 1840. The van der Waals surface area contributed by atoms with Crippen LogP contribution in [0.15, 0.2) is 106 Å². The first kappa shape index (κ1) is 35.9. The van der Waals surface area contributed by atoms with E-state index < -0.39 is 34.3 Å². The molecule has 49 heavy (non-hydrogen) atoms. The van der Waals surface area contributed by atoms with Gasteiger partial charge < -0.3 is 19.7 Å². The number of nitrogens with zero attached hydrogens (tertiary/aromatic N) is 2. The van der Waals surface area contributed by atoms with Gasteiger partial charge in [0.05, 0.1) is 24.8 Å². The Morgan fingerprint density at radius 2 is 1.53 bits per heavy atom. The summed E-state index contributed by atoms with van der Waals surface area (Å²) in [5.74, 6) is -0.987. The number of amides is 2. The molecule has 258 valence electrons. The third-order valence-corrected chi connectivity index (χ3v) is 10.9. The molecule has 4 aromatic rings. The first-order chi connectivity index (χ1) is 23.6. The Kier molecular flexibility index (Phi) is 11.9. The highest BCUT2D eigenvalue weighted by Crippen LogP contribution is 2.33. The van der Waals surface area contributed by atoms with E-state index in [9.17, 15) is 22.4 Å². The maximum Gasteiger partial charge on any atom is 0.264 e. The van der Waals surface area contributed by atoms with Gasteiger partial charge in [0.15, 0.2) is 11.5 Å². The van der Waals surface area contributed by atoms with Crippen molar-refractivity contribution >= 4 is 43.5 Å². The molecule has 0 spiro atoms. The number of ether oxygens (including phenoxy) is 2. The van der Waals surface area contributed by atoms with Crippen LogP contribution in [-0.2, 0) is 32.6 Å². The molecular weight excluding hydrogens is 713 g/mol. The van der Waals surface area contributed by atoms with Gasteiger partial charge in [-0.3, -0.25) is 13.9 Å². The lowest BCUT2D eigenvalue weighted by molar-refractivity contribution is -0.140. The summed E-state index contributed by atoms with van der Waals surface area (Å²) in [7, 11) is -1.61. The number of benzene rings is 4. The Balaban J connectivity index is 1.57. The molecule has 1 aliphatic carbocycles. The maximum atomic E-state index is 14.7. The number of hydrogen-bond acceptors (Lipinski definition) is 6.